The smallest absolute Gasteiger partial charge is 0.420 e. The maximum atomic E-state index is 13.9. The molecule has 6 heteroatoms. The fourth-order valence-corrected chi connectivity index (χ4v) is 4.54. The maximum absolute atomic E-state index is 13.9. The summed E-state index contributed by atoms with van der Waals surface area (Å²) >= 11 is 0. The first-order valence-corrected chi connectivity index (χ1v) is 13.4. The molecular formula is C34H38N2O4. The highest BCUT2D eigenvalue weighted by Crippen LogP contribution is 2.38. The quantitative estimate of drug-likeness (QED) is 0.271. The molecule has 4 aromatic rings. The van der Waals surface area contributed by atoms with Gasteiger partial charge in [-0.3, -0.25) is 9.69 Å². The second-order valence-corrected chi connectivity index (χ2v) is 12.0. The van der Waals surface area contributed by atoms with Gasteiger partial charge in [0.2, 0.25) is 0 Å². The van der Waals surface area contributed by atoms with E-state index in [-0.39, 0.29) is 17.9 Å². The summed E-state index contributed by atoms with van der Waals surface area (Å²) in [5.41, 5.74) is 1.73. The minimum absolute atomic E-state index is 0.196. The van der Waals surface area contributed by atoms with Crippen LogP contribution in [0.25, 0.3) is 10.8 Å². The summed E-state index contributed by atoms with van der Waals surface area (Å²) < 4.78 is 11.7. The van der Waals surface area contributed by atoms with E-state index in [1.165, 1.54) is 4.90 Å². The zero-order valence-electron chi connectivity index (χ0n) is 24.4. The van der Waals surface area contributed by atoms with E-state index in [0.717, 1.165) is 21.9 Å². The molecule has 6 nitrogen and oxygen atoms in total. The lowest BCUT2D eigenvalue weighted by Crippen LogP contribution is -2.42. The van der Waals surface area contributed by atoms with E-state index < -0.39 is 11.6 Å². The summed E-state index contributed by atoms with van der Waals surface area (Å²) in [5, 5.41) is 5.07. The van der Waals surface area contributed by atoms with E-state index >= 15 is 0 Å². The third kappa shape index (κ3) is 6.81. The minimum atomic E-state index is -0.602. The van der Waals surface area contributed by atoms with Gasteiger partial charge in [0.15, 0.2) is 0 Å². The summed E-state index contributed by atoms with van der Waals surface area (Å²) in [7, 11) is 1.60. The lowest BCUT2D eigenvalue weighted by molar-refractivity contribution is 0.0920. The van der Waals surface area contributed by atoms with Crippen molar-refractivity contribution in [2.24, 2.45) is 0 Å². The molecule has 0 unspecified atom stereocenters. The molecule has 0 saturated carbocycles. The number of amides is 2. The van der Waals surface area contributed by atoms with Crippen LogP contribution in [0.1, 0.15) is 63.0 Å². The Morgan fingerprint density at radius 2 is 1.45 bits per heavy atom. The van der Waals surface area contributed by atoms with Crippen molar-refractivity contribution in [3.63, 3.8) is 0 Å². The molecule has 0 spiro atoms. The Hall–Kier alpha value is -4.32. The van der Waals surface area contributed by atoms with Gasteiger partial charge >= 0.3 is 6.09 Å². The van der Waals surface area contributed by atoms with E-state index in [1.54, 1.807) is 19.2 Å². The zero-order chi connectivity index (χ0) is 29.1. The number of methoxy groups -OCH3 is 1. The molecule has 0 aliphatic rings. The maximum Gasteiger partial charge on any atom is 0.420 e. The van der Waals surface area contributed by atoms with Crippen molar-refractivity contribution >= 4 is 28.5 Å². The number of carbonyl (C=O) groups is 2. The van der Waals surface area contributed by atoms with Gasteiger partial charge in [0.05, 0.1) is 24.9 Å². The van der Waals surface area contributed by atoms with Gasteiger partial charge in [0.1, 0.15) is 11.5 Å². The Morgan fingerprint density at radius 3 is 2.08 bits per heavy atom. The molecule has 4 aromatic carbocycles. The SMILES string of the molecule is COc1cc(N(Cc2ccccc2)C(=O)Oc2ccc3ccccc3c2)c(C(=O)NC(C)(C)C)cc1C(C)(C)C. The highest BCUT2D eigenvalue weighted by atomic mass is 16.6. The van der Waals surface area contributed by atoms with E-state index in [9.17, 15) is 9.59 Å². The molecule has 0 radical (unpaired) electrons. The van der Waals surface area contributed by atoms with Crippen molar-refractivity contribution in [1.82, 2.24) is 5.32 Å². The van der Waals surface area contributed by atoms with Crippen LogP contribution in [0.15, 0.2) is 84.9 Å². The highest BCUT2D eigenvalue weighted by molar-refractivity contribution is 6.04. The molecule has 40 heavy (non-hydrogen) atoms. The monoisotopic (exact) mass is 538 g/mol. The van der Waals surface area contributed by atoms with E-state index in [2.05, 4.69) is 26.1 Å². The van der Waals surface area contributed by atoms with Crippen LogP contribution in [0.5, 0.6) is 11.5 Å². The lowest BCUT2D eigenvalue weighted by atomic mass is 9.84. The van der Waals surface area contributed by atoms with Crippen LogP contribution in [-0.4, -0.2) is 24.6 Å². The second kappa shape index (κ2) is 11.4. The van der Waals surface area contributed by atoms with Gasteiger partial charge in [-0.05, 0) is 60.7 Å². The van der Waals surface area contributed by atoms with Gasteiger partial charge in [-0.1, -0.05) is 81.4 Å². The number of carbonyl (C=O) groups excluding carboxylic acids is 2. The molecular weight excluding hydrogens is 500 g/mol. The molecule has 0 atom stereocenters. The summed E-state index contributed by atoms with van der Waals surface area (Å²) in [6.45, 7) is 12.2. The van der Waals surface area contributed by atoms with Crippen molar-refractivity contribution in [2.75, 3.05) is 12.0 Å². The summed E-state index contributed by atoms with van der Waals surface area (Å²) in [6, 6.07) is 26.6. The molecule has 208 valence electrons. The van der Waals surface area contributed by atoms with Crippen molar-refractivity contribution in [1.29, 1.82) is 0 Å². The van der Waals surface area contributed by atoms with Crippen LogP contribution >= 0.6 is 0 Å². The van der Waals surface area contributed by atoms with Gasteiger partial charge in [0.25, 0.3) is 5.91 Å². The van der Waals surface area contributed by atoms with Gasteiger partial charge in [-0.25, -0.2) is 4.79 Å². The molecule has 0 saturated heterocycles. The van der Waals surface area contributed by atoms with Crippen molar-refractivity contribution in [3.05, 3.63) is 102 Å². The van der Waals surface area contributed by atoms with Crippen LogP contribution in [0.4, 0.5) is 10.5 Å². The third-order valence-corrected chi connectivity index (χ3v) is 6.48. The highest BCUT2D eigenvalue weighted by Gasteiger charge is 2.30. The number of hydrogen-bond acceptors (Lipinski definition) is 4. The number of nitrogens with one attached hydrogen (secondary N) is 1. The molecule has 4 rings (SSSR count). The molecule has 0 fully saturated rings. The Morgan fingerprint density at radius 1 is 0.800 bits per heavy atom. The molecule has 0 heterocycles. The first-order valence-electron chi connectivity index (χ1n) is 13.4. The predicted molar refractivity (Wildman–Crippen MR) is 162 cm³/mol. The normalized spacial score (nSPS) is 11.7. The van der Waals surface area contributed by atoms with Crippen molar-refractivity contribution in [2.45, 2.75) is 59.0 Å². The van der Waals surface area contributed by atoms with Crippen molar-refractivity contribution in [3.8, 4) is 11.5 Å². The fourth-order valence-electron chi connectivity index (χ4n) is 4.54. The zero-order valence-corrected chi connectivity index (χ0v) is 24.4. The number of anilines is 1. The van der Waals surface area contributed by atoms with Gasteiger partial charge in [-0.15, -0.1) is 0 Å². The summed E-state index contributed by atoms with van der Waals surface area (Å²) in [4.78, 5) is 29.1. The molecule has 2 amide bonds. The van der Waals surface area contributed by atoms with Gasteiger partial charge < -0.3 is 14.8 Å². The van der Waals surface area contributed by atoms with Crippen LogP contribution in [-0.2, 0) is 12.0 Å². The van der Waals surface area contributed by atoms with Crippen LogP contribution in [0.3, 0.4) is 0 Å². The Labute approximate surface area is 236 Å². The van der Waals surface area contributed by atoms with Gasteiger partial charge in [0, 0.05) is 17.2 Å². The average Bonchev–Trinajstić information content (AvgIpc) is 2.90. The Bertz CT molecular complexity index is 1510. The topological polar surface area (TPSA) is 67.9 Å². The molecule has 0 aromatic heterocycles. The van der Waals surface area contributed by atoms with Crippen LogP contribution in [0, 0.1) is 0 Å². The number of fused-ring (bicyclic) bond motifs is 1. The number of nitrogens with zero attached hydrogens (tertiary/aromatic N) is 1. The molecule has 0 aliphatic heterocycles. The number of ether oxygens (including phenoxy) is 2. The average molecular weight is 539 g/mol. The molecule has 1 N–H and O–H groups in total. The standard InChI is InChI=1S/C34H38N2O4/c1-33(2,3)28-20-27(31(37)35-34(4,5)6)29(21-30(28)39-7)36(22-23-13-9-8-10-14-23)32(38)40-26-18-17-24-15-11-12-16-25(24)19-26/h8-21H,22H2,1-7H3,(H,35,37). The van der Waals surface area contributed by atoms with E-state index in [1.807, 2.05) is 93.6 Å². The number of hydrogen-bond donors (Lipinski definition) is 1. The third-order valence-electron chi connectivity index (χ3n) is 6.48. The first kappa shape index (κ1) is 28.7. The first-order chi connectivity index (χ1) is 18.9. The summed E-state index contributed by atoms with van der Waals surface area (Å²) in [5.74, 6) is 0.722. The molecule has 0 bridgehead atoms. The number of benzene rings is 4. The van der Waals surface area contributed by atoms with Gasteiger partial charge in [-0.2, -0.15) is 0 Å². The second-order valence-electron chi connectivity index (χ2n) is 12.0. The largest absolute Gasteiger partial charge is 0.496 e. The van der Waals surface area contributed by atoms with E-state index in [0.29, 0.717) is 22.7 Å². The molecule has 0 aliphatic carbocycles. The minimum Gasteiger partial charge on any atom is -0.496 e. The van der Waals surface area contributed by atoms with Crippen LogP contribution in [0.2, 0.25) is 0 Å². The van der Waals surface area contributed by atoms with E-state index in [4.69, 9.17) is 9.47 Å². The van der Waals surface area contributed by atoms with Crippen LogP contribution < -0.4 is 19.7 Å². The Kier molecular flexibility index (Phi) is 8.19. The predicted octanol–water partition coefficient (Wildman–Crippen LogP) is 7.88. The summed E-state index contributed by atoms with van der Waals surface area (Å²) in [6.07, 6.45) is -0.602. The van der Waals surface area contributed by atoms with Crippen molar-refractivity contribution < 1.29 is 19.1 Å². The fraction of sp³-hybridized carbons (Fsp3) is 0.294. The Balaban J connectivity index is 1.85. The number of rotatable bonds is 6. The lowest BCUT2D eigenvalue weighted by Gasteiger charge is -2.30.